The van der Waals surface area contributed by atoms with E-state index in [-0.39, 0.29) is 19.6 Å². The Hall–Kier alpha value is -2.66. The third kappa shape index (κ3) is 9.27. The minimum atomic E-state index is -5.08. The summed E-state index contributed by atoms with van der Waals surface area (Å²) in [5.74, 6) is -4.26. The van der Waals surface area contributed by atoms with Gasteiger partial charge in [-0.15, -0.1) is 0 Å². The van der Waals surface area contributed by atoms with E-state index in [1.54, 1.807) is 0 Å². The number of hydrogen-bond acceptors (Lipinski definition) is 5. The number of hydrogen-bond donors (Lipinski definition) is 4. The number of halogens is 3. The Kier molecular flexibility index (Phi) is 8.57. The van der Waals surface area contributed by atoms with Gasteiger partial charge in [-0.25, -0.2) is 4.79 Å². The van der Waals surface area contributed by atoms with Gasteiger partial charge in [0.25, 0.3) is 0 Å². The number of amides is 2. The number of benzene rings is 1. The first-order valence-corrected chi connectivity index (χ1v) is 6.67. The lowest BCUT2D eigenvalue weighted by atomic mass is 9.96. The molecule has 0 aliphatic carbocycles. The fraction of sp³-hybridized carbons (Fsp3) is 0.357. The van der Waals surface area contributed by atoms with Gasteiger partial charge in [-0.2, -0.15) is 13.2 Å². The fourth-order valence-electron chi connectivity index (χ4n) is 1.45. The summed E-state index contributed by atoms with van der Waals surface area (Å²) < 4.78 is 37.0. The first kappa shape index (κ1) is 22.3. The molecule has 1 aromatic carbocycles. The van der Waals surface area contributed by atoms with Crippen LogP contribution < -0.4 is 17.2 Å². The van der Waals surface area contributed by atoms with Crippen LogP contribution >= 0.6 is 0 Å². The van der Waals surface area contributed by atoms with Crippen LogP contribution in [0.4, 0.5) is 13.2 Å². The van der Waals surface area contributed by atoms with Crippen molar-refractivity contribution < 1.29 is 37.4 Å². The minimum absolute atomic E-state index is 0.153. The molecule has 1 atom stereocenters. The van der Waals surface area contributed by atoms with Crippen molar-refractivity contribution in [3.63, 3.8) is 0 Å². The summed E-state index contributed by atoms with van der Waals surface area (Å²) in [5.41, 5.74) is 15.2. The Morgan fingerprint density at radius 3 is 1.92 bits per heavy atom. The molecule has 1 aromatic rings. The summed E-state index contributed by atoms with van der Waals surface area (Å²) in [6.07, 6.45) is -5.42. The summed E-state index contributed by atoms with van der Waals surface area (Å²) in [6, 6.07) is 9.36. The molecule has 2 amide bonds. The lowest BCUT2D eigenvalue weighted by molar-refractivity contribution is -0.192. The second-order valence-electron chi connectivity index (χ2n) is 4.94. The van der Waals surface area contributed by atoms with Crippen LogP contribution in [0, 0.1) is 0 Å². The normalized spacial score (nSPS) is 13.1. The highest BCUT2D eigenvalue weighted by Crippen LogP contribution is 2.13. The Morgan fingerprint density at radius 1 is 1.08 bits per heavy atom. The lowest BCUT2D eigenvalue weighted by Gasteiger charge is -2.24. The van der Waals surface area contributed by atoms with Crippen LogP contribution in [0.5, 0.6) is 0 Å². The van der Waals surface area contributed by atoms with Gasteiger partial charge in [-0.3, -0.25) is 9.59 Å². The zero-order chi connectivity index (χ0) is 19.7. The number of aliphatic carboxylic acids is 1. The van der Waals surface area contributed by atoms with Crippen molar-refractivity contribution in [3.8, 4) is 0 Å². The molecule has 25 heavy (non-hydrogen) atoms. The predicted octanol–water partition coefficient (Wildman–Crippen LogP) is -0.105. The fourth-order valence-corrected chi connectivity index (χ4v) is 1.45. The van der Waals surface area contributed by atoms with Crippen molar-refractivity contribution >= 4 is 17.8 Å². The van der Waals surface area contributed by atoms with E-state index in [9.17, 15) is 22.8 Å². The highest BCUT2D eigenvalue weighted by molar-refractivity contribution is 5.90. The van der Waals surface area contributed by atoms with Crippen LogP contribution in [0.1, 0.15) is 12.0 Å². The number of carbonyl (C=O) groups is 3. The topological polar surface area (TPSA) is 159 Å². The molecule has 0 saturated carbocycles. The van der Waals surface area contributed by atoms with E-state index in [1.807, 2.05) is 30.3 Å². The van der Waals surface area contributed by atoms with Gasteiger partial charge in [0.2, 0.25) is 11.8 Å². The quantitative estimate of drug-likeness (QED) is 0.528. The summed E-state index contributed by atoms with van der Waals surface area (Å²) in [6.45, 7) is 0.131. The second-order valence-corrected chi connectivity index (χ2v) is 4.94. The second kappa shape index (κ2) is 9.59. The van der Waals surface area contributed by atoms with E-state index in [1.165, 1.54) is 0 Å². The third-order valence-electron chi connectivity index (χ3n) is 2.69. The summed E-state index contributed by atoms with van der Waals surface area (Å²) in [5, 5.41) is 7.12. The Labute approximate surface area is 140 Å². The van der Waals surface area contributed by atoms with Crippen LogP contribution in [0.25, 0.3) is 0 Å². The average Bonchev–Trinajstić information content (AvgIpc) is 2.47. The number of ether oxygens (including phenoxy) is 1. The highest BCUT2D eigenvalue weighted by Gasteiger charge is 2.38. The van der Waals surface area contributed by atoms with Gasteiger partial charge < -0.3 is 27.0 Å². The highest BCUT2D eigenvalue weighted by atomic mass is 19.4. The SMILES string of the molecule is NC(=O)CC(N)(COCc1ccccc1)C(N)=O.O=C(O)C(F)(F)F. The molecular weight excluding hydrogens is 347 g/mol. The van der Waals surface area contributed by atoms with E-state index in [4.69, 9.17) is 31.8 Å². The molecule has 0 radical (unpaired) electrons. The Morgan fingerprint density at radius 2 is 1.56 bits per heavy atom. The van der Waals surface area contributed by atoms with E-state index in [0.29, 0.717) is 0 Å². The molecular formula is C14H18F3N3O5. The number of primary amides is 2. The largest absolute Gasteiger partial charge is 0.490 e. The molecule has 0 bridgehead atoms. The zero-order valence-corrected chi connectivity index (χ0v) is 13.0. The van der Waals surface area contributed by atoms with Gasteiger partial charge >= 0.3 is 12.1 Å². The van der Waals surface area contributed by atoms with Crippen LogP contribution in [-0.4, -0.2) is 41.2 Å². The van der Waals surface area contributed by atoms with Crippen LogP contribution in [0.15, 0.2) is 30.3 Å². The zero-order valence-electron chi connectivity index (χ0n) is 13.0. The average molecular weight is 365 g/mol. The van der Waals surface area contributed by atoms with Gasteiger partial charge in [-0.1, -0.05) is 30.3 Å². The van der Waals surface area contributed by atoms with E-state index < -0.39 is 29.5 Å². The van der Waals surface area contributed by atoms with Gasteiger partial charge in [0, 0.05) is 0 Å². The van der Waals surface area contributed by atoms with Crippen LogP contribution in [-0.2, 0) is 25.7 Å². The molecule has 0 aromatic heterocycles. The first-order chi connectivity index (χ1) is 11.4. The van der Waals surface area contributed by atoms with Gasteiger partial charge in [0.05, 0.1) is 19.6 Å². The number of alkyl halides is 3. The van der Waals surface area contributed by atoms with Gasteiger partial charge in [0.1, 0.15) is 5.54 Å². The molecule has 0 spiro atoms. The number of carboxylic acid groups (broad SMARTS) is 1. The van der Waals surface area contributed by atoms with Crippen molar-refractivity contribution in [2.75, 3.05) is 6.61 Å². The minimum Gasteiger partial charge on any atom is -0.475 e. The maximum absolute atomic E-state index is 11.2. The first-order valence-electron chi connectivity index (χ1n) is 6.67. The van der Waals surface area contributed by atoms with E-state index >= 15 is 0 Å². The number of carboxylic acids is 1. The number of carbonyl (C=O) groups excluding carboxylic acids is 2. The Bertz CT molecular complexity index is 595. The van der Waals surface area contributed by atoms with E-state index in [0.717, 1.165) is 5.56 Å². The molecule has 0 aliphatic heterocycles. The standard InChI is InChI=1S/C12H17N3O3.C2HF3O2/c13-10(16)6-12(15,11(14)17)8-18-7-9-4-2-1-3-5-9;3-2(4,5)1(6)7/h1-5H,6-8,15H2,(H2,13,16)(H2,14,17);(H,6,7). The molecule has 7 N–H and O–H groups in total. The third-order valence-corrected chi connectivity index (χ3v) is 2.69. The predicted molar refractivity (Wildman–Crippen MR) is 79.7 cm³/mol. The van der Waals surface area contributed by atoms with Crippen molar-refractivity contribution in [2.24, 2.45) is 17.2 Å². The van der Waals surface area contributed by atoms with Crippen LogP contribution in [0.3, 0.4) is 0 Å². The molecule has 1 unspecified atom stereocenters. The van der Waals surface area contributed by atoms with Crippen molar-refractivity contribution in [2.45, 2.75) is 24.7 Å². The maximum Gasteiger partial charge on any atom is 0.490 e. The molecule has 0 aliphatic rings. The van der Waals surface area contributed by atoms with Crippen molar-refractivity contribution in [1.29, 1.82) is 0 Å². The van der Waals surface area contributed by atoms with Gasteiger partial charge in [-0.05, 0) is 5.56 Å². The Balaban J connectivity index is 0.000000697. The molecule has 8 nitrogen and oxygen atoms in total. The van der Waals surface area contributed by atoms with Gasteiger partial charge in [0.15, 0.2) is 0 Å². The number of rotatable bonds is 7. The van der Waals surface area contributed by atoms with Crippen LogP contribution in [0.2, 0.25) is 0 Å². The molecule has 0 saturated heterocycles. The molecule has 11 heteroatoms. The summed E-state index contributed by atoms with van der Waals surface area (Å²) >= 11 is 0. The maximum atomic E-state index is 11.2. The van der Waals surface area contributed by atoms with Crippen molar-refractivity contribution in [1.82, 2.24) is 0 Å². The van der Waals surface area contributed by atoms with Crippen molar-refractivity contribution in [3.05, 3.63) is 35.9 Å². The molecule has 0 fully saturated rings. The van der Waals surface area contributed by atoms with E-state index in [2.05, 4.69) is 0 Å². The summed E-state index contributed by atoms with van der Waals surface area (Å²) in [4.78, 5) is 30.9. The monoisotopic (exact) mass is 365 g/mol. The molecule has 140 valence electrons. The molecule has 1 rings (SSSR count). The smallest absolute Gasteiger partial charge is 0.475 e. The lowest BCUT2D eigenvalue weighted by Crippen LogP contribution is -2.57. The number of nitrogens with two attached hydrogens (primary N) is 3. The molecule has 0 heterocycles. The summed E-state index contributed by atoms with van der Waals surface area (Å²) in [7, 11) is 0.